The molecule has 0 bridgehead atoms. The average Bonchev–Trinajstić information content (AvgIpc) is 2.84. The topological polar surface area (TPSA) is 53.1 Å². The number of nitrogens with zero attached hydrogens (tertiary/aromatic N) is 2. The molecule has 1 heterocycles. The fraction of sp³-hybridized carbons (Fsp3) is 0.316. The molecule has 5 nitrogen and oxygen atoms in total. The third kappa shape index (κ3) is 3.48. The number of halogens is 2. The van der Waals surface area contributed by atoms with Crippen LogP contribution in [-0.2, 0) is 5.54 Å². The van der Waals surface area contributed by atoms with E-state index in [9.17, 15) is 13.6 Å². The maximum Gasteiger partial charge on any atom is 0.327 e. The van der Waals surface area contributed by atoms with E-state index in [0.29, 0.717) is 17.7 Å². The van der Waals surface area contributed by atoms with E-state index in [-0.39, 0.29) is 11.4 Å². The van der Waals surface area contributed by atoms with E-state index in [4.69, 9.17) is 0 Å². The van der Waals surface area contributed by atoms with Gasteiger partial charge in [-0.3, -0.25) is 4.57 Å². The van der Waals surface area contributed by atoms with Crippen molar-refractivity contribution < 1.29 is 8.78 Å². The van der Waals surface area contributed by atoms with Gasteiger partial charge in [-0.2, -0.15) is 0 Å². The number of rotatable bonds is 5. The van der Waals surface area contributed by atoms with Gasteiger partial charge in [0, 0.05) is 18.3 Å². The molecule has 0 spiro atoms. The molecule has 0 fully saturated rings. The highest BCUT2D eigenvalue weighted by Gasteiger charge is 2.25. The van der Waals surface area contributed by atoms with Gasteiger partial charge in [-0.1, -0.05) is 0 Å². The van der Waals surface area contributed by atoms with E-state index in [1.54, 1.807) is 16.7 Å². The Morgan fingerprint density at radius 3 is 2.54 bits per heavy atom. The lowest BCUT2D eigenvalue weighted by atomic mass is 10.0. The summed E-state index contributed by atoms with van der Waals surface area (Å²) in [4.78, 5) is 17.4. The summed E-state index contributed by atoms with van der Waals surface area (Å²) >= 11 is 0. The molecule has 26 heavy (non-hydrogen) atoms. The van der Waals surface area contributed by atoms with Crippen LogP contribution in [0.1, 0.15) is 13.8 Å². The van der Waals surface area contributed by atoms with Gasteiger partial charge in [0.05, 0.1) is 22.3 Å². The van der Waals surface area contributed by atoms with Gasteiger partial charge in [0.1, 0.15) is 11.6 Å². The fourth-order valence-corrected chi connectivity index (χ4v) is 3.38. The van der Waals surface area contributed by atoms with Crippen LogP contribution in [-0.4, -0.2) is 35.1 Å². The van der Waals surface area contributed by atoms with Crippen molar-refractivity contribution in [3.05, 3.63) is 58.5 Å². The molecular weight excluding hydrogens is 338 g/mol. The van der Waals surface area contributed by atoms with E-state index < -0.39 is 17.2 Å². The predicted molar refractivity (Wildman–Crippen MR) is 100 cm³/mol. The van der Waals surface area contributed by atoms with Crippen molar-refractivity contribution in [3.63, 3.8) is 0 Å². The number of hydrogen-bond acceptors (Lipinski definition) is 3. The van der Waals surface area contributed by atoms with Gasteiger partial charge >= 0.3 is 5.69 Å². The van der Waals surface area contributed by atoms with Crippen LogP contribution in [0.4, 0.5) is 20.2 Å². The Kier molecular flexibility index (Phi) is 4.58. The molecule has 0 amide bonds. The van der Waals surface area contributed by atoms with Gasteiger partial charge in [-0.15, -0.1) is 0 Å². The van der Waals surface area contributed by atoms with Crippen LogP contribution < -0.4 is 11.0 Å². The molecule has 2 aromatic carbocycles. The molecule has 0 aliphatic heterocycles. The first-order valence-corrected chi connectivity index (χ1v) is 8.29. The van der Waals surface area contributed by atoms with Crippen LogP contribution in [0.15, 0.2) is 41.2 Å². The summed E-state index contributed by atoms with van der Waals surface area (Å²) in [6.07, 6.45) is 0. The minimum Gasteiger partial charge on any atom is -0.353 e. The number of fused-ring (bicyclic) bond motifs is 1. The van der Waals surface area contributed by atoms with Crippen molar-refractivity contribution >= 4 is 22.4 Å². The van der Waals surface area contributed by atoms with Gasteiger partial charge in [0.2, 0.25) is 0 Å². The Hall–Kier alpha value is -2.67. The molecule has 7 heteroatoms. The number of nitrogens with one attached hydrogen (secondary N) is 2. The number of aromatic amines is 1. The molecule has 138 valence electrons. The van der Waals surface area contributed by atoms with Gasteiger partial charge in [-0.25, -0.2) is 13.6 Å². The molecule has 0 unspecified atom stereocenters. The van der Waals surface area contributed by atoms with Crippen LogP contribution in [0.3, 0.4) is 0 Å². The summed E-state index contributed by atoms with van der Waals surface area (Å²) in [5, 5.41) is 2.91. The number of aromatic nitrogens is 2. The third-order valence-electron chi connectivity index (χ3n) is 4.20. The molecule has 0 aliphatic carbocycles. The first kappa shape index (κ1) is 18.1. The zero-order valence-electron chi connectivity index (χ0n) is 15.2. The van der Waals surface area contributed by atoms with Crippen molar-refractivity contribution in [1.29, 1.82) is 0 Å². The second-order valence-electron chi connectivity index (χ2n) is 7.30. The third-order valence-corrected chi connectivity index (χ3v) is 4.20. The summed E-state index contributed by atoms with van der Waals surface area (Å²) in [5.41, 5.74) is 1.58. The fourth-order valence-electron chi connectivity index (χ4n) is 3.38. The Bertz CT molecular complexity index is 1000. The highest BCUT2D eigenvalue weighted by Crippen LogP contribution is 2.26. The van der Waals surface area contributed by atoms with Crippen molar-refractivity contribution in [1.82, 2.24) is 14.5 Å². The highest BCUT2D eigenvalue weighted by atomic mass is 19.1. The Balaban J connectivity index is 1.99. The summed E-state index contributed by atoms with van der Waals surface area (Å²) in [6, 6.07) is 8.66. The predicted octanol–water partition coefficient (Wildman–Crippen LogP) is 3.65. The number of benzene rings is 2. The lowest BCUT2D eigenvalue weighted by Crippen LogP contribution is -2.42. The van der Waals surface area contributed by atoms with E-state index >= 15 is 0 Å². The van der Waals surface area contributed by atoms with Crippen LogP contribution in [0.25, 0.3) is 11.0 Å². The van der Waals surface area contributed by atoms with Crippen molar-refractivity contribution in [2.45, 2.75) is 19.4 Å². The minimum atomic E-state index is -0.678. The van der Waals surface area contributed by atoms with Gasteiger partial charge in [0.15, 0.2) is 0 Å². The van der Waals surface area contributed by atoms with Gasteiger partial charge in [0.25, 0.3) is 0 Å². The maximum absolute atomic E-state index is 13.8. The van der Waals surface area contributed by atoms with Crippen LogP contribution >= 0.6 is 0 Å². The minimum absolute atomic E-state index is 0.167. The van der Waals surface area contributed by atoms with E-state index in [2.05, 4.69) is 10.3 Å². The SMILES string of the molecule is CN(C)CC(C)(C)n1c(=O)[nH]c2cc(Nc3ccc(F)cc3F)ccc21. The molecule has 2 N–H and O–H groups in total. The number of anilines is 2. The second-order valence-corrected chi connectivity index (χ2v) is 7.30. The Labute approximate surface area is 150 Å². The van der Waals surface area contributed by atoms with E-state index in [1.807, 2.05) is 38.9 Å². The molecule has 0 saturated carbocycles. The van der Waals surface area contributed by atoms with Crippen LogP contribution in [0.2, 0.25) is 0 Å². The van der Waals surface area contributed by atoms with Gasteiger partial charge < -0.3 is 15.2 Å². The van der Waals surface area contributed by atoms with Crippen LogP contribution in [0, 0.1) is 11.6 Å². The Morgan fingerprint density at radius 2 is 1.88 bits per heavy atom. The van der Waals surface area contributed by atoms with Crippen LogP contribution in [0.5, 0.6) is 0 Å². The zero-order valence-corrected chi connectivity index (χ0v) is 15.2. The second kappa shape index (κ2) is 6.57. The molecule has 3 aromatic rings. The molecule has 3 rings (SSSR count). The number of hydrogen-bond donors (Lipinski definition) is 2. The quantitative estimate of drug-likeness (QED) is 0.730. The number of likely N-dealkylation sites (N-methyl/N-ethyl adjacent to an activating group) is 1. The lowest BCUT2D eigenvalue weighted by Gasteiger charge is -2.29. The largest absolute Gasteiger partial charge is 0.353 e. The lowest BCUT2D eigenvalue weighted by molar-refractivity contribution is 0.242. The summed E-state index contributed by atoms with van der Waals surface area (Å²) in [7, 11) is 3.92. The van der Waals surface area contributed by atoms with E-state index in [1.165, 1.54) is 12.1 Å². The standard InChI is InChI=1S/C19H22F2N4O/c1-19(2,11-24(3)4)25-17-8-6-13(10-16(17)23-18(25)26)22-15-7-5-12(20)9-14(15)21/h5-10,22H,11H2,1-4H3,(H,23,26). The van der Waals surface area contributed by atoms with Crippen molar-refractivity contribution in [2.24, 2.45) is 0 Å². The number of H-pyrrole nitrogens is 1. The molecular formula is C19H22F2N4O. The monoisotopic (exact) mass is 360 g/mol. The zero-order chi connectivity index (χ0) is 19.1. The van der Waals surface area contributed by atoms with Crippen molar-refractivity contribution in [2.75, 3.05) is 26.0 Å². The smallest absolute Gasteiger partial charge is 0.327 e. The molecule has 0 aliphatic rings. The number of imidazole rings is 1. The maximum atomic E-state index is 13.8. The van der Waals surface area contributed by atoms with Gasteiger partial charge in [-0.05, 0) is 58.3 Å². The van der Waals surface area contributed by atoms with Crippen molar-refractivity contribution in [3.8, 4) is 0 Å². The summed E-state index contributed by atoms with van der Waals surface area (Å²) in [5.74, 6) is -1.31. The molecule has 0 radical (unpaired) electrons. The first-order valence-electron chi connectivity index (χ1n) is 8.29. The summed E-state index contributed by atoms with van der Waals surface area (Å²) in [6.45, 7) is 4.70. The normalized spacial score (nSPS) is 12.1. The summed E-state index contributed by atoms with van der Waals surface area (Å²) < 4.78 is 28.6. The highest BCUT2D eigenvalue weighted by molar-refractivity contribution is 5.81. The Morgan fingerprint density at radius 1 is 1.15 bits per heavy atom. The average molecular weight is 360 g/mol. The molecule has 0 saturated heterocycles. The molecule has 1 aromatic heterocycles. The molecule has 0 atom stereocenters. The first-order chi connectivity index (χ1) is 12.2. The van der Waals surface area contributed by atoms with E-state index in [0.717, 1.165) is 11.6 Å².